The molecule has 0 aliphatic rings. The molecule has 3 N–H and O–H groups in total. The van der Waals surface area contributed by atoms with Crippen LogP contribution in [-0.2, 0) is 25.4 Å². The predicted octanol–water partition coefficient (Wildman–Crippen LogP) is -0.177. The zero-order valence-corrected chi connectivity index (χ0v) is 18.0. The van der Waals surface area contributed by atoms with Crippen molar-refractivity contribution >= 4 is 28.5 Å². The molecule has 0 aliphatic heterocycles. The number of aliphatic hydroxyl groups is 2. The molecule has 29 heavy (non-hydrogen) atoms. The second-order valence-corrected chi connectivity index (χ2v) is 7.59. The topological polar surface area (TPSA) is 123 Å². The minimum Gasteiger partial charge on any atom is -0.394 e. The van der Waals surface area contributed by atoms with Crippen molar-refractivity contribution in [1.29, 1.82) is 0 Å². The van der Waals surface area contributed by atoms with Gasteiger partial charge in [0.2, 0.25) is 0 Å². The third-order valence-electron chi connectivity index (χ3n) is 4.31. The molecule has 9 nitrogen and oxygen atoms in total. The van der Waals surface area contributed by atoms with Crippen LogP contribution in [-0.4, -0.2) is 44.6 Å². The summed E-state index contributed by atoms with van der Waals surface area (Å²) in [7, 11) is 2.62. The minimum atomic E-state index is -1.00. The number of aliphatic hydroxyl groups excluding tert-OH is 2. The Morgan fingerprint density at radius 3 is 2.62 bits per heavy atom. The lowest BCUT2D eigenvalue weighted by Gasteiger charge is -2.16. The molecule has 0 radical (unpaired) electrons. The van der Waals surface area contributed by atoms with Crippen LogP contribution in [0.5, 0.6) is 0 Å². The average molecular weight is 521 g/mol. The van der Waals surface area contributed by atoms with Gasteiger partial charge in [-0.1, -0.05) is 6.07 Å². The van der Waals surface area contributed by atoms with Gasteiger partial charge in [-0.3, -0.25) is 23.6 Å². The summed E-state index contributed by atoms with van der Waals surface area (Å²) in [4.78, 5) is 42.4. The van der Waals surface area contributed by atoms with Crippen LogP contribution in [0.2, 0.25) is 0 Å². The van der Waals surface area contributed by atoms with E-state index in [0.717, 1.165) is 9.13 Å². The van der Waals surface area contributed by atoms with Gasteiger partial charge in [-0.2, -0.15) is 0 Å². The maximum Gasteiger partial charge on any atom is 0.330 e. The molecular formula is C18H21FIN3O6. The first-order chi connectivity index (χ1) is 13.7. The third-order valence-corrected chi connectivity index (χ3v) is 4.99. The summed E-state index contributed by atoms with van der Waals surface area (Å²) in [5.41, 5.74) is 0.495. The number of hydrogen-bond acceptors (Lipinski definition) is 6. The molecular weight excluding hydrogens is 500 g/mol. The lowest BCUT2D eigenvalue weighted by atomic mass is 10.0. The van der Waals surface area contributed by atoms with Crippen molar-refractivity contribution < 1.29 is 24.2 Å². The van der Waals surface area contributed by atoms with E-state index < -0.39 is 35.7 Å². The Hall–Kier alpha value is -2.09. The van der Waals surface area contributed by atoms with E-state index in [2.05, 4.69) is 5.48 Å². The quantitative estimate of drug-likeness (QED) is 0.252. The van der Waals surface area contributed by atoms with Crippen LogP contribution in [0, 0.1) is 9.39 Å². The zero-order valence-electron chi connectivity index (χ0n) is 15.8. The van der Waals surface area contributed by atoms with E-state index in [1.54, 1.807) is 6.07 Å². The van der Waals surface area contributed by atoms with E-state index >= 15 is 0 Å². The predicted molar refractivity (Wildman–Crippen MR) is 110 cm³/mol. The van der Waals surface area contributed by atoms with Crippen molar-refractivity contribution in [2.24, 2.45) is 14.1 Å². The Morgan fingerprint density at radius 2 is 2.00 bits per heavy atom. The van der Waals surface area contributed by atoms with Crippen LogP contribution in [0.4, 0.5) is 4.39 Å². The molecule has 2 aromatic rings. The van der Waals surface area contributed by atoms with Crippen LogP contribution in [0.15, 0.2) is 27.8 Å². The third kappa shape index (κ3) is 5.50. The number of benzene rings is 1. The van der Waals surface area contributed by atoms with E-state index in [9.17, 15) is 23.9 Å². The van der Waals surface area contributed by atoms with E-state index in [1.807, 2.05) is 22.6 Å². The molecule has 0 fully saturated rings. The smallest absolute Gasteiger partial charge is 0.330 e. The maximum atomic E-state index is 14.3. The van der Waals surface area contributed by atoms with Crippen molar-refractivity contribution in [3.8, 4) is 0 Å². The molecule has 2 rings (SSSR count). The van der Waals surface area contributed by atoms with Crippen molar-refractivity contribution in [3.05, 3.63) is 65.2 Å². The van der Waals surface area contributed by atoms with Crippen LogP contribution in [0.1, 0.15) is 28.0 Å². The molecule has 1 heterocycles. The highest BCUT2D eigenvalue weighted by atomic mass is 127. The lowest BCUT2D eigenvalue weighted by molar-refractivity contribution is 0.00680. The van der Waals surface area contributed by atoms with E-state index in [4.69, 9.17) is 9.94 Å². The van der Waals surface area contributed by atoms with E-state index in [-0.39, 0.29) is 36.3 Å². The van der Waals surface area contributed by atoms with E-state index in [1.165, 1.54) is 26.2 Å². The zero-order chi connectivity index (χ0) is 21.7. The number of halogens is 2. The molecule has 0 spiro atoms. The average Bonchev–Trinajstić information content (AvgIpc) is 2.69. The Balaban J connectivity index is 2.39. The maximum absolute atomic E-state index is 14.3. The van der Waals surface area contributed by atoms with Gasteiger partial charge in [-0.25, -0.2) is 14.7 Å². The molecule has 1 aromatic carbocycles. The van der Waals surface area contributed by atoms with Crippen LogP contribution >= 0.6 is 22.6 Å². The molecule has 0 saturated heterocycles. The number of amides is 1. The molecule has 1 aromatic heterocycles. The Bertz CT molecular complexity index is 1020. The van der Waals surface area contributed by atoms with Gasteiger partial charge in [-0.15, -0.1) is 0 Å². The monoisotopic (exact) mass is 521 g/mol. The molecule has 0 saturated carbocycles. The Morgan fingerprint density at radius 1 is 1.31 bits per heavy atom. The number of nitrogens with one attached hydrogen (secondary N) is 1. The SMILES string of the molecule is Cn1c(Cc2ccc(I)cc2F)c(C(=O)NOCC[C@H](O)CO)c(=O)n(C)c1=O. The molecule has 0 aliphatic carbocycles. The van der Waals surface area contributed by atoms with Crippen molar-refractivity contribution in [2.45, 2.75) is 18.9 Å². The Kier molecular flexibility index (Phi) is 8.07. The minimum absolute atomic E-state index is 0.0368. The highest BCUT2D eigenvalue weighted by Gasteiger charge is 2.23. The van der Waals surface area contributed by atoms with Gasteiger partial charge in [0.25, 0.3) is 11.5 Å². The summed E-state index contributed by atoms with van der Waals surface area (Å²) in [6.07, 6.45) is -1.10. The first-order valence-electron chi connectivity index (χ1n) is 8.61. The summed E-state index contributed by atoms with van der Waals surface area (Å²) in [5, 5.41) is 18.0. The summed E-state index contributed by atoms with van der Waals surface area (Å²) >= 11 is 1.96. The van der Waals surface area contributed by atoms with Gasteiger partial charge in [0.05, 0.1) is 19.3 Å². The summed E-state index contributed by atoms with van der Waals surface area (Å²) in [6, 6.07) is 4.51. The van der Waals surface area contributed by atoms with Crippen LogP contribution < -0.4 is 16.7 Å². The number of rotatable bonds is 8. The van der Waals surface area contributed by atoms with Crippen molar-refractivity contribution in [1.82, 2.24) is 14.6 Å². The number of hydrogen-bond donors (Lipinski definition) is 3. The molecule has 0 bridgehead atoms. The molecule has 1 atom stereocenters. The van der Waals surface area contributed by atoms with Crippen molar-refractivity contribution in [3.63, 3.8) is 0 Å². The fourth-order valence-corrected chi connectivity index (χ4v) is 3.07. The number of hydroxylamine groups is 1. The summed E-state index contributed by atoms with van der Waals surface area (Å²) in [6.45, 7) is -0.564. The van der Waals surface area contributed by atoms with Gasteiger partial charge in [0, 0.05) is 36.2 Å². The standard InChI is InChI=1S/C18H21FIN3O6/c1-22-14(7-10-3-4-11(20)8-13(10)19)15(17(27)23(2)18(22)28)16(26)21-29-6-5-12(25)9-24/h3-4,8,12,24-25H,5-7,9H2,1-2H3,(H,21,26)/t12-/m0/s1. The number of aromatic nitrogens is 2. The Labute approximate surface area is 178 Å². The van der Waals surface area contributed by atoms with Crippen LogP contribution in [0.3, 0.4) is 0 Å². The van der Waals surface area contributed by atoms with Gasteiger partial charge >= 0.3 is 5.69 Å². The first-order valence-corrected chi connectivity index (χ1v) is 9.69. The second kappa shape index (κ2) is 10.1. The van der Waals surface area contributed by atoms with Gasteiger partial charge in [-0.05, 0) is 40.3 Å². The molecule has 11 heteroatoms. The molecule has 158 valence electrons. The normalized spacial score (nSPS) is 12.1. The first kappa shape index (κ1) is 23.2. The number of nitrogens with zero attached hydrogens (tertiary/aromatic N) is 2. The lowest BCUT2D eigenvalue weighted by Crippen LogP contribution is -2.44. The highest BCUT2D eigenvalue weighted by molar-refractivity contribution is 14.1. The highest BCUT2D eigenvalue weighted by Crippen LogP contribution is 2.17. The molecule has 1 amide bonds. The molecule has 0 unspecified atom stereocenters. The van der Waals surface area contributed by atoms with Crippen molar-refractivity contribution in [2.75, 3.05) is 13.2 Å². The second-order valence-electron chi connectivity index (χ2n) is 6.34. The van der Waals surface area contributed by atoms with Gasteiger partial charge in [0.15, 0.2) is 0 Å². The fourth-order valence-electron chi connectivity index (χ4n) is 2.62. The number of carbonyl (C=O) groups excluding carboxylic acids is 1. The van der Waals surface area contributed by atoms with Crippen LogP contribution in [0.25, 0.3) is 0 Å². The van der Waals surface area contributed by atoms with E-state index in [0.29, 0.717) is 3.57 Å². The largest absolute Gasteiger partial charge is 0.394 e. The van der Waals surface area contributed by atoms with Gasteiger partial charge < -0.3 is 10.2 Å². The summed E-state index contributed by atoms with van der Waals surface area (Å²) in [5.74, 6) is -1.42. The fraction of sp³-hybridized carbons (Fsp3) is 0.389. The summed E-state index contributed by atoms with van der Waals surface area (Å²) < 4.78 is 16.9. The number of carbonyl (C=O) groups is 1. The van der Waals surface area contributed by atoms with Gasteiger partial charge in [0.1, 0.15) is 11.4 Å².